The van der Waals surface area contributed by atoms with Gasteiger partial charge in [0.1, 0.15) is 29.7 Å². The van der Waals surface area contributed by atoms with Gasteiger partial charge in [0.25, 0.3) is 0 Å². The fraction of sp³-hybridized carbons (Fsp3) is 0.304. The van der Waals surface area contributed by atoms with Crippen molar-refractivity contribution in [2.75, 3.05) is 26.2 Å². The summed E-state index contributed by atoms with van der Waals surface area (Å²) in [5, 5.41) is 15.3. The average molecular weight is 424 g/mol. The number of oxime groups is 1. The lowest BCUT2D eigenvalue weighted by Gasteiger charge is -2.25. The highest BCUT2D eigenvalue weighted by atomic mass is 19.1. The standard InChI is InChI=1S/C23H22F2N4O2/c24-14-4-6-18-16(12-14)20(23(30)27-18)22-21(17-13-15(25)5-7-19(17)26-22)28-31-11-10-29-8-2-1-3-9-29/h4-7,12-13,27,30H,1-3,8-11H2. The SMILES string of the molecule is Oc1[nH]c2ccc(F)cc2c1C1=Nc2ccc(F)cc2C1=NOCCN1CCCCC1. The number of rotatable bonds is 5. The molecule has 2 N–H and O–H groups in total. The molecule has 160 valence electrons. The number of piperidine rings is 1. The molecule has 1 saturated heterocycles. The largest absolute Gasteiger partial charge is 0.494 e. The maximum absolute atomic E-state index is 14.0. The van der Waals surface area contributed by atoms with Crippen LogP contribution in [-0.4, -0.2) is 52.7 Å². The van der Waals surface area contributed by atoms with Gasteiger partial charge in [-0.1, -0.05) is 11.6 Å². The molecule has 0 atom stereocenters. The summed E-state index contributed by atoms with van der Waals surface area (Å²) in [6.07, 6.45) is 3.64. The van der Waals surface area contributed by atoms with Crippen LogP contribution in [0.25, 0.3) is 10.9 Å². The quantitative estimate of drug-likeness (QED) is 0.468. The normalized spacial score (nSPS) is 17.9. The van der Waals surface area contributed by atoms with E-state index in [2.05, 4.69) is 20.0 Å². The monoisotopic (exact) mass is 424 g/mol. The maximum atomic E-state index is 14.0. The van der Waals surface area contributed by atoms with Gasteiger partial charge in [0.05, 0.1) is 11.3 Å². The Morgan fingerprint density at radius 1 is 1.06 bits per heavy atom. The predicted octanol–water partition coefficient (Wildman–Crippen LogP) is 4.49. The number of aliphatic imine (C=N–C) groups is 1. The van der Waals surface area contributed by atoms with Crippen LogP contribution in [0.2, 0.25) is 0 Å². The van der Waals surface area contributed by atoms with Crippen LogP contribution >= 0.6 is 0 Å². The Morgan fingerprint density at radius 2 is 1.84 bits per heavy atom. The van der Waals surface area contributed by atoms with Gasteiger partial charge in [-0.05, 0) is 62.3 Å². The van der Waals surface area contributed by atoms with E-state index in [4.69, 9.17) is 4.84 Å². The molecule has 5 rings (SSSR count). The number of benzene rings is 2. The number of hydrogen-bond donors (Lipinski definition) is 2. The number of aromatic amines is 1. The Labute approximate surface area is 177 Å². The van der Waals surface area contributed by atoms with Crippen molar-refractivity contribution < 1.29 is 18.7 Å². The number of fused-ring (bicyclic) bond motifs is 2. The maximum Gasteiger partial charge on any atom is 0.199 e. The summed E-state index contributed by atoms with van der Waals surface area (Å²) >= 11 is 0. The number of halogens is 2. The molecule has 6 nitrogen and oxygen atoms in total. The molecule has 1 aromatic heterocycles. The van der Waals surface area contributed by atoms with Crippen LogP contribution in [0.1, 0.15) is 30.4 Å². The van der Waals surface area contributed by atoms with Crippen LogP contribution in [0.15, 0.2) is 46.5 Å². The Hall–Kier alpha value is -3.26. The fourth-order valence-corrected chi connectivity index (χ4v) is 4.22. The van der Waals surface area contributed by atoms with Gasteiger partial charge in [-0.3, -0.25) is 4.90 Å². The van der Waals surface area contributed by atoms with Crippen molar-refractivity contribution in [1.82, 2.24) is 9.88 Å². The average Bonchev–Trinajstić information content (AvgIpc) is 3.27. The number of likely N-dealkylation sites (tertiary alicyclic amines) is 1. The summed E-state index contributed by atoms with van der Waals surface area (Å²) in [5.41, 5.74) is 2.48. The van der Waals surface area contributed by atoms with Crippen molar-refractivity contribution in [3.05, 3.63) is 59.2 Å². The van der Waals surface area contributed by atoms with Gasteiger partial charge in [0.2, 0.25) is 0 Å². The topological polar surface area (TPSA) is 73.2 Å². The molecule has 31 heavy (non-hydrogen) atoms. The first kappa shape index (κ1) is 19.7. The molecule has 2 aromatic carbocycles. The zero-order chi connectivity index (χ0) is 21.4. The van der Waals surface area contributed by atoms with Crippen LogP contribution in [0.3, 0.4) is 0 Å². The summed E-state index contributed by atoms with van der Waals surface area (Å²) in [5.74, 6) is -1.02. The highest BCUT2D eigenvalue weighted by Gasteiger charge is 2.30. The molecular formula is C23H22F2N4O2. The second-order valence-electron chi connectivity index (χ2n) is 7.84. The van der Waals surface area contributed by atoms with Gasteiger partial charge in [-0.25, -0.2) is 13.8 Å². The summed E-state index contributed by atoms with van der Waals surface area (Å²) in [6, 6.07) is 8.37. The van der Waals surface area contributed by atoms with Crippen molar-refractivity contribution in [3.8, 4) is 5.88 Å². The predicted molar refractivity (Wildman–Crippen MR) is 115 cm³/mol. The number of aromatic nitrogens is 1. The van der Waals surface area contributed by atoms with Crippen molar-refractivity contribution in [2.45, 2.75) is 19.3 Å². The van der Waals surface area contributed by atoms with E-state index in [-0.39, 0.29) is 5.88 Å². The zero-order valence-corrected chi connectivity index (χ0v) is 16.9. The first-order chi connectivity index (χ1) is 15.1. The first-order valence-corrected chi connectivity index (χ1v) is 10.4. The minimum atomic E-state index is -0.439. The van der Waals surface area contributed by atoms with E-state index in [9.17, 15) is 13.9 Å². The van der Waals surface area contributed by atoms with Crippen molar-refractivity contribution in [1.29, 1.82) is 0 Å². The Kier molecular flexibility index (Phi) is 5.15. The van der Waals surface area contributed by atoms with E-state index in [1.807, 2.05) is 0 Å². The fourth-order valence-electron chi connectivity index (χ4n) is 4.22. The molecule has 2 aliphatic rings. The molecule has 0 amide bonds. The smallest absolute Gasteiger partial charge is 0.199 e. The lowest BCUT2D eigenvalue weighted by molar-refractivity contribution is 0.103. The molecule has 0 saturated carbocycles. The molecule has 0 unspecified atom stereocenters. The van der Waals surface area contributed by atoms with E-state index in [1.165, 1.54) is 43.5 Å². The molecule has 3 heterocycles. The van der Waals surface area contributed by atoms with Crippen molar-refractivity contribution >= 4 is 28.0 Å². The molecule has 3 aromatic rings. The third-order valence-electron chi connectivity index (χ3n) is 5.75. The number of nitrogens with zero attached hydrogens (tertiary/aromatic N) is 3. The van der Waals surface area contributed by atoms with Crippen LogP contribution in [-0.2, 0) is 4.84 Å². The van der Waals surface area contributed by atoms with Gasteiger partial charge >= 0.3 is 0 Å². The van der Waals surface area contributed by atoms with Crippen molar-refractivity contribution in [3.63, 3.8) is 0 Å². The third-order valence-corrected chi connectivity index (χ3v) is 5.75. The molecule has 2 aliphatic heterocycles. The Morgan fingerprint density at radius 3 is 2.68 bits per heavy atom. The third kappa shape index (κ3) is 3.79. The molecule has 1 fully saturated rings. The number of aromatic hydroxyl groups is 1. The number of nitrogens with one attached hydrogen (secondary N) is 1. The van der Waals surface area contributed by atoms with E-state index in [1.54, 1.807) is 12.1 Å². The van der Waals surface area contributed by atoms with Gasteiger partial charge in [-0.2, -0.15) is 0 Å². The van der Waals surface area contributed by atoms with E-state index >= 15 is 0 Å². The van der Waals surface area contributed by atoms with Crippen LogP contribution in [0, 0.1) is 11.6 Å². The summed E-state index contributed by atoms with van der Waals surface area (Å²) in [4.78, 5) is 15.3. The lowest BCUT2D eigenvalue weighted by Crippen LogP contribution is -2.32. The Balaban J connectivity index is 1.49. The second-order valence-corrected chi connectivity index (χ2v) is 7.84. The molecule has 0 spiro atoms. The molecule has 0 radical (unpaired) electrons. The van der Waals surface area contributed by atoms with E-state index in [0.717, 1.165) is 19.6 Å². The van der Waals surface area contributed by atoms with Gasteiger partial charge < -0.3 is 14.9 Å². The summed E-state index contributed by atoms with van der Waals surface area (Å²) in [6.45, 7) is 3.24. The molecule has 0 bridgehead atoms. The second kappa shape index (κ2) is 8.11. The highest BCUT2D eigenvalue weighted by Crippen LogP contribution is 2.36. The minimum absolute atomic E-state index is 0.159. The van der Waals surface area contributed by atoms with Crippen LogP contribution in [0.4, 0.5) is 14.5 Å². The molecule has 0 aliphatic carbocycles. The highest BCUT2D eigenvalue weighted by molar-refractivity contribution is 6.58. The van der Waals surface area contributed by atoms with Gasteiger partial charge in [0, 0.05) is 23.0 Å². The van der Waals surface area contributed by atoms with Gasteiger partial charge in [0.15, 0.2) is 5.88 Å². The number of H-pyrrole nitrogens is 1. The summed E-state index contributed by atoms with van der Waals surface area (Å²) in [7, 11) is 0. The van der Waals surface area contributed by atoms with Crippen molar-refractivity contribution in [2.24, 2.45) is 10.1 Å². The lowest BCUT2D eigenvalue weighted by atomic mass is 10.0. The van der Waals surface area contributed by atoms with E-state index < -0.39 is 11.6 Å². The van der Waals surface area contributed by atoms with Gasteiger partial charge in [-0.15, -0.1) is 0 Å². The van der Waals surface area contributed by atoms with E-state index in [0.29, 0.717) is 45.7 Å². The summed E-state index contributed by atoms with van der Waals surface area (Å²) < 4.78 is 27.9. The molecule has 8 heteroatoms. The van der Waals surface area contributed by atoms with Crippen LogP contribution in [0.5, 0.6) is 5.88 Å². The number of hydrogen-bond acceptors (Lipinski definition) is 5. The zero-order valence-electron chi connectivity index (χ0n) is 16.9. The Bertz CT molecular complexity index is 1200. The van der Waals surface area contributed by atoms with Crippen LogP contribution < -0.4 is 0 Å². The first-order valence-electron chi connectivity index (χ1n) is 10.4. The molecular weight excluding hydrogens is 402 g/mol. The minimum Gasteiger partial charge on any atom is -0.494 e.